The Morgan fingerprint density at radius 3 is 2.28 bits per heavy atom. The molecule has 0 radical (unpaired) electrons. The van der Waals surface area contributed by atoms with E-state index < -0.39 is 18.1 Å². The molecule has 0 spiro atoms. The minimum absolute atomic E-state index is 0.0146. The number of hydrogen-bond acceptors (Lipinski definition) is 4. The summed E-state index contributed by atoms with van der Waals surface area (Å²) in [4.78, 5) is 34.9. The van der Waals surface area contributed by atoms with Crippen molar-refractivity contribution < 1.29 is 24.2 Å². The molecule has 0 saturated carbocycles. The summed E-state index contributed by atoms with van der Waals surface area (Å²) < 4.78 is 5.44. The molecule has 7 nitrogen and oxygen atoms in total. The number of carboxylic acid groups (broad SMARTS) is 1. The van der Waals surface area contributed by atoms with Crippen LogP contribution in [-0.4, -0.2) is 42.3 Å². The smallest absolute Gasteiger partial charge is 0.407 e. The van der Waals surface area contributed by atoms with Crippen LogP contribution in [0.15, 0.2) is 60.7 Å². The normalized spacial score (nSPS) is 13.3. The van der Waals surface area contributed by atoms with Gasteiger partial charge in [-0.1, -0.05) is 68.0 Å². The molecule has 2 aromatic carbocycles. The van der Waals surface area contributed by atoms with Gasteiger partial charge in [0.05, 0.1) is 6.42 Å². The number of amides is 2. The van der Waals surface area contributed by atoms with Gasteiger partial charge < -0.3 is 20.5 Å². The van der Waals surface area contributed by atoms with E-state index in [-0.39, 0.29) is 31.4 Å². The predicted octanol–water partition coefficient (Wildman–Crippen LogP) is 3.84. The van der Waals surface area contributed by atoms with Crippen molar-refractivity contribution in [2.75, 3.05) is 13.2 Å². The van der Waals surface area contributed by atoms with E-state index in [0.717, 1.165) is 28.7 Å². The molecular weight excluding hydrogens is 408 g/mol. The number of fused-ring (bicyclic) bond motifs is 3. The molecule has 0 aromatic heterocycles. The Kier molecular flexibility index (Phi) is 8.02. The maximum Gasteiger partial charge on any atom is 0.407 e. The Labute approximate surface area is 187 Å². The van der Waals surface area contributed by atoms with E-state index in [1.807, 2.05) is 31.2 Å². The molecule has 2 aromatic rings. The molecule has 0 saturated heterocycles. The first-order valence-electron chi connectivity index (χ1n) is 10.8. The molecule has 0 heterocycles. The van der Waals surface area contributed by atoms with Crippen LogP contribution < -0.4 is 10.6 Å². The Morgan fingerprint density at radius 1 is 1.06 bits per heavy atom. The van der Waals surface area contributed by atoms with Crippen molar-refractivity contribution in [3.8, 4) is 11.1 Å². The largest absolute Gasteiger partial charge is 0.481 e. The minimum Gasteiger partial charge on any atom is -0.481 e. The molecule has 0 aliphatic heterocycles. The van der Waals surface area contributed by atoms with Crippen LogP contribution in [0.2, 0.25) is 0 Å². The number of hydrogen-bond donors (Lipinski definition) is 3. The summed E-state index contributed by atoms with van der Waals surface area (Å²) in [5.41, 5.74) is 4.60. The van der Waals surface area contributed by atoms with Crippen molar-refractivity contribution >= 4 is 18.0 Å². The van der Waals surface area contributed by atoms with Crippen LogP contribution >= 0.6 is 0 Å². The highest BCUT2D eigenvalue weighted by molar-refractivity contribution is 5.88. The van der Waals surface area contributed by atoms with Gasteiger partial charge in [0.2, 0.25) is 5.91 Å². The van der Waals surface area contributed by atoms with E-state index >= 15 is 0 Å². The summed E-state index contributed by atoms with van der Waals surface area (Å²) in [6.07, 6.45) is 3.46. The van der Waals surface area contributed by atoms with Crippen molar-refractivity contribution in [3.63, 3.8) is 0 Å². The molecule has 3 rings (SSSR count). The van der Waals surface area contributed by atoms with Gasteiger partial charge >= 0.3 is 12.1 Å². The van der Waals surface area contributed by atoms with Crippen molar-refractivity contribution in [1.82, 2.24) is 10.6 Å². The van der Waals surface area contributed by atoms with Gasteiger partial charge in [-0.05, 0) is 28.7 Å². The molecule has 2 amide bonds. The molecule has 0 bridgehead atoms. The summed E-state index contributed by atoms with van der Waals surface area (Å²) >= 11 is 0. The number of carbonyl (C=O) groups is 3. The summed E-state index contributed by atoms with van der Waals surface area (Å²) in [7, 11) is 0. The molecule has 32 heavy (non-hydrogen) atoms. The SMILES string of the molecule is CCC[C@H](CC(=O)O)NC(=O)/C=C/CNC(=O)OCC1c2ccccc2-c2ccccc21. The van der Waals surface area contributed by atoms with Gasteiger partial charge in [0.15, 0.2) is 0 Å². The third kappa shape index (κ3) is 5.97. The Morgan fingerprint density at radius 2 is 1.69 bits per heavy atom. The molecule has 168 valence electrons. The van der Waals surface area contributed by atoms with Crippen LogP contribution in [0.1, 0.15) is 43.2 Å². The zero-order chi connectivity index (χ0) is 22.9. The van der Waals surface area contributed by atoms with Gasteiger partial charge in [-0.25, -0.2) is 4.79 Å². The molecule has 7 heteroatoms. The second kappa shape index (κ2) is 11.1. The second-order valence-corrected chi connectivity index (χ2v) is 7.70. The Balaban J connectivity index is 1.46. The van der Waals surface area contributed by atoms with E-state index in [2.05, 4.69) is 34.9 Å². The Bertz CT molecular complexity index is 956. The lowest BCUT2D eigenvalue weighted by molar-refractivity contribution is -0.137. The lowest BCUT2D eigenvalue weighted by Gasteiger charge is -2.15. The van der Waals surface area contributed by atoms with Crippen molar-refractivity contribution in [2.45, 2.75) is 38.1 Å². The topological polar surface area (TPSA) is 105 Å². The summed E-state index contributed by atoms with van der Waals surface area (Å²) in [6.45, 7) is 2.27. The molecule has 1 aliphatic rings. The molecule has 3 N–H and O–H groups in total. The fourth-order valence-corrected chi connectivity index (χ4v) is 3.99. The van der Waals surface area contributed by atoms with E-state index in [0.29, 0.717) is 6.42 Å². The van der Waals surface area contributed by atoms with E-state index in [1.54, 1.807) is 0 Å². The van der Waals surface area contributed by atoms with Gasteiger partial charge in [0.1, 0.15) is 6.61 Å². The maximum absolute atomic E-state index is 12.1. The van der Waals surface area contributed by atoms with Crippen LogP contribution in [0.3, 0.4) is 0 Å². The highest BCUT2D eigenvalue weighted by Crippen LogP contribution is 2.44. The zero-order valence-corrected chi connectivity index (χ0v) is 18.0. The summed E-state index contributed by atoms with van der Waals surface area (Å²) in [6, 6.07) is 15.8. The van der Waals surface area contributed by atoms with Gasteiger partial charge in [-0.3, -0.25) is 9.59 Å². The minimum atomic E-state index is -0.954. The number of rotatable bonds is 10. The fraction of sp³-hybridized carbons (Fsp3) is 0.320. The first kappa shape index (κ1) is 23.1. The summed E-state index contributed by atoms with van der Waals surface area (Å²) in [5, 5.41) is 14.2. The van der Waals surface area contributed by atoms with E-state index in [4.69, 9.17) is 9.84 Å². The van der Waals surface area contributed by atoms with Crippen LogP contribution in [0.5, 0.6) is 0 Å². The summed E-state index contributed by atoms with van der Waals surface area (Å²) in [5.74, 6) is -1.36. The van der Waals surface area contributed by atoms with E-state index in [9.17, 15) is 14.4 Å². The number of alkyl carbamates (subject to hydrolysis) is 1. The lowest BCUT2D eigenvalue weighted by atomic mass is 9.98. The molecular formula is C25H28N2O5. The second-order valence-electron chi connectivity index (χ2n) is 7.70. The average molecular weight is 437 g/mol. The number of ether oxygens (including phenoxy) is 1. The van der Waals surface area contributed by atoms with Crippen molar-refractivity contribution in [2.24, 2.45) is 0 Å². The molecule has 1 atom stereocenters. The lowest BCUT2D eigenvalue weighted by Crippen LogP contribution is -2.35. The Hall–Kier alpha value is -3.61. The molecule has 1 aliphatic carbocycles. The number of carbonyl (C=O) groups excluding carboxylic acids is 2. The first-order valence-corrected chi connectivity index (χ1v) is 10.8. The maximum atomic E-state index is 12.1. The van der Waals surface area contributed by atoms with Gasteiger partial charge in [-0.2, -0.15) is 0 Å². The third-order valence-corrected chi connectivity index (χ3v) is 5.38. The van der Waals surface area contributed by atoms with Crippen LogP contribution in [0.25, 0.3) is 11.1 Å². The highest BCUT2D eigenvalue weighted by Gasteiger charge is 2.28. The monoisotopic (exact) mass is 436 g/mol. The van der Waals surface area contributed by atoms with Crippen LogP contribution in [0.4, 0.5) is 4.79 Å². The number of aliphatic carboxylic acids is 1. The van der Waals surface area contributed by atoms with Crippen LogP contribution in [0, 0.1) is 0 Å². The van der Waals surface area contributed by atoms with Crippen molar-refractivity contribution in [1.29, 1.82) is 0 Å². The third-order valence-electron chi connectivity index (χ3n) is 5.38. The number of carboxylic acids is 1. The molecule has 0 unspecified atom stereocenters. The standard InChI is InChI=1S/C25H28N2O5/c1-2-8-17(15-24(29)30)27-23(28)13-7-14-26-25(31)32-16-22-20-11-5-3-9-18(20)19-10-4-6-12-21(19)22/h3-7,9-13,17,22H,2,8,14-16H2,1H3,(H,26,31)(H,27,28)(H,29,30)/b13-7+/t17-/m1/s1. The number of nitrogens with one attached hydrogen (secondary N) is 2. The first-order chi connectivity index (χ1) is 15.5. The van der Waals surface area contributed by atoms with Crippen molar-refractivity contribution in [3.05, 3.63) is 71.8 Å². The molecule has 0 fully saturated rings. The van der Waals surface area contributed by atoms with Gasteiger partial charge in [0.25, 0.3) is 0 Å². The quantitative estimate of drug-likeness (QED) is 0.491. The van der Waals surface area contributed by atoms with Gasteiger partial charge in [0, 0.05) is 24.6 Å². The highest BCUT2D eigenvalue weighted by atomic mass is 16.5. The zero-order valence-electron chi connectivity index (χ0n) is 18.0. The fourth-order valence-electron chi connectivity index (χ4n) is 3.99. The average Bonchev–Trinajstić information content (AvgIpc) is 3.09. The van der Waals surface area contributed by atoms with Crippen LogP contribution in [-0.2, 0) is 14.3 Å². The predicted molar refractivity (Wildman–Crippen MR) is 121 cm³/mol. The van der Waals surface area contributed by atoms with Gasteiger partial charge in [-0.15, -0.1) is 0 Å². The van der Waals surface area contributed by atoms with E-state index in [1.165, 1.54) is 12.2 Å². The number of benzene rings is 2.